The van der Waals surface area contributed by atoms with Crippen LogP contribution in [-0.4, -0.2) is 25.9 Å². The van der Waals surface area contributed by atoms with Crippen molar-refractivity contribution >= 4 is 28.0 Å². The molecule has 1 heterocycles. The van der Waals surface area contributed by atoms with E-state index >= 15 is 0 Å². The molecule has 3 aromatic rings. The van der Waals surface area contributed by atoms with Crippen LogP contribution >= 0.6 is 11.3 Å². The quantitative estimate of drug-likeness (QED) is 0.575. The first-order chi connectivity index (χ1) is 15.0. The van der Waals surface area contributed by atoms with Gasteiger partial charge in [-0.3, -0.25) is 9.59 Å². The predicted molar refractivity (Wildman–Crippen MR) is 118 cm³/mol. The zero-order valence-electron chi connectivity index (χ0n) is 17.2. The Morgan fingerprint density at radius 1 is 0.968 bits per heavy atom. The van der Waals surface area contributed by atoms with Gasteiger partial charge in [0.15, 0.2) is 5.78 Å². The van der Waals surface area contributed by atoms with Crippen LogP contribution in [0.2, 0.25) is 0 Å². The minimum atomic E-state index is -0.307. The van der Waals surface area contributed by atoms with Crippen LogP contribution < -0.4 is 14.8 Å². The molecule has 4 rings (SSSR count). The third kappa shape index (κ3) is 4.03. The highest BCUT2D eigenvalue weighted by molar-refractivity contribution is 7.16. The molecular weight excluding hydrogens is 412 g/mol. The highest BCUT2D eigenvalue weighted by Crippen LogP contribution is 2.38. The van der Waals surface area contributed by atoms with Gasteiger partial charge in [-0.05, 0) is 49.1 Å². The highest BCUT2D eigenvalue weighted by atomic mass is 32.1. The zero-order valence-corrected chi connectivity index (χ0v) is 18.0. The molecule has 156 valence electrons. The molecule has 0 unspecified atom stereocenters. The van der Waals surface area contributed by atoms with Crippen LogP contribution in [0.3, 0.4) is 0 Å². The molecule has 0 bridgehead atoms. The Bertz CT molecular complexity index is 1180. The fraction of sp³-hybridized carbons (Fsp3) is 0.208. The molecule has 0 radical (unpaired) electrons. The lowest BCUT2D eigenvalue weighted by molar-refractivity contribution is 0.102. The molecule has 7 heteroatoms. The molecule has 0 spiro atoms. The first-order valence-corrected chi connectivity index (χ1v) is 10.6. The number of aryl methyl sites for hydroxylation is 1. The van der Waals surface area contributed by atoms with E-state index in [2.05, 4.69) is 11.4 Å². The normalized spacial score (nSPS) is 12.0. The first kappa shape index (κ1) is 20.6. The van der Waals surface area contributed by atoms with Gasteiger partial charge in [-0.15, -0.1) is 11.3 Å². The number of hydrogen-bond acceptors (Lipinski definition) is 6. The van der Waals surface area contributed by atoms with Gasteiger partial charge < -0.3 is 14.8 Å². The van der Waals surface area contributed by atoms with Crippen molar-refractivity contribution in [2.45, 2.75) is 19.3 Å². The number of nitrogens with zero attached hydrogens (tertiary/aromatic N) is 1. The molecule has 1 aliphatic rings. The summed E-state index contributed by atoms with van der Waals surface area (Å²) in [5.74, 6) is 0.536. The van der Waals surface area contributed by atoms with Gasteiger partial charge >= 0.3 is 0 Å². The van der Waals surface area contributed by atoms with Crippen molar-refractivity contribution in [3.8, 4) is 17.6 Å². The van der Waals surface area contributed by atoms with Gasteiger partial charge in [-0.2, -0.15) is 5.26 Å². The SMILES string of the molecule is COc1cc(OC)cc(C(=O)c2ccc(C(=O)Nc3sc4c(c3C#N)CCC4)cc2)c1. The Morgan fingerprint density at radius 2 is 1.61 bits per heavy atom. The van der Waals surface area contributed by atoms with Gasteiger partial charge in [-0.1, -0.05) is 12.1 Å². The average Bonchev–Trinajstić information content (AvgIpc) is 3.38. The monoisotopic (exact) mass is 432 g/mol. The molecule has 1 amide bonds. The lowest BCUT2D eigenvalue weighted by Gasteiger charge is -2.09. The van der Waals surface area contributed by atoms with Gasteiger partial charge in [0.2, 0.25) is 0 Å². The summed E-state index contributed by atoms with van der Waals surface area (Å²) in [4.78, 5) is 26.7. The fourth-order valence-electron chi connectivity index (χ4n) is 3.66. The van der Waals surface area contributed by atoms with Crippen LogP contribution in [0.25, 0.3) is 0 Å². The second-order valence-electron chi connectivity index (χ2n) is 7.14. The number of amides is 1. The van der Waals surface area contributed by atoms with Gasteiger partial charge in [0.05, 0.1) is 19.8 Å². The smallest absolute Gasteiger partial charge is 0.256 e. The van der Waals surface area contributed by atoms with Crippen molar-refractivity contribution < 1.29 is 19.1 Å². The number of anilines is 1. The van der Waals surface area contributed by atoms with Crippen molar-refractivity contribution in [2.24, 2.45) is 0 Å². The number of rotatable bonds is 6. The second-order valence-corrected chi connectivity index (χ2v) is 8.24. The molecule has 0 saturated heterocycles. The van der Waals surface area contributed by atoms with Crippen LogP contribution in [-0.2, 0) is 12.8 Å². The Balaban J connectivity index is 1.53. The predicted octanol–water partition coefficient (Wildman–Crippen LogP) is 4.61. The molecule has 0 saturated carbocycles. The Kier molecular flexibility index (Phi) is 5.74. The maximum atomic E-state index is 12.9. The second kappa shape index (κ2) is 8.62. The molecule has 1 aliphatic carbocycles. The van der Waals surface area contributed by atoms with Crippen LogP contribution in [0.5, 0.6) is 11.5 Å². The average molecular weight is 433 g/mol. The minimum absolute atomic E-state index is 0.203. The molecule has 31 heavy (non-hydrogen) atoms. The summed E-state index contributed by atoms with van der Waals surface area (Å²) >= 11 is 1.48. The van der Waals surface area contributed by atoms with Gasteiger partial charge in [-0.25, -0.2) is 0 Å². The number of benzene rings is 2. The third-order valence-corrected chi connectivity index (χ3v) is 6.49. The van der Waals surface area contributed by atoms with Crippen molar-refractivity contribution in [3.05, 3.63) is 75.2 Å². The Morgan fingerprint density at radius 3 is 2.23 bits per heavy atom. The molecule has 0 fully saturated rings. The molecule has 1 aromatic heterocycles. The molecule has 2 aromatic carbocycles. The van der Waals surface area contributed by atoms with Crippen molar-refractivity contribution in [1.82, 2.24) is 0 Å². The van der Waals surface area contributed by atoms with Crippen molar-refractivity contribution in [2.75, 3.05) is 19.5 Å². The van der Waals surface area contributed by atoms with Crippen LogP contribution in [0.15, 0.2) is 42.5 Å². The number of methoxy groups -OCH3 is 2. The number of nitriles is 1. The number of carbonyl (C=O) groups excluding carboxylic acids is 2. The Hall–Kier alpha value is -3.63. The number of thiophene rings is 1. The zero-order chi connectivity index (χ0) is 22.0. The van der Waals surface area contributed by atoms with E-state index in [1.54, 1.807) is 42.5 Å². The maximum Gasteiger partial charge on any atom is 0.256 e. The lowest BCUT2D eigenvalue weighted by Crippen LogP contribution is -2.12. The van der Waals surface area contributed by atoms with E-state index in [0.717, 1.165) is 24.8 Å². The molecule has 0 atom stereocenters. The molecule has 6 nitrogen and oxygen atoms in total. The standard InChI is InChI=1S/C24H20N2O4S/c1-29-17-10-16(11-18(12-17)30-2)22(27)14-6-8-15(9-7-14)23(28)26-24-20(13-25)19-4-3-5-21(19)31-24/h6-12H,3-5H2,1-2H3,(H,26,28). The van der Waals surface area contributed by atoms with E-state index in [1.807, 2.05) is 0 Å². The molecule has 0 aliphatic heterocycles. The minimum Gasteiger partial charge on any atom is -0.497 e. The first-order valence-electron chi connectivity index (χ1n) is 9.78. The van der Waals surface area contributed by atoms with Crippen molar-refractivity contribution in [1.29, 1.82) is 5.26 Å². The van der Waals surface area contributed by atoms with E-state index in [4.69, 9.17) is 9.47 Å². The number of nitrogens with one attached hydrogen (secondary N) is 1. The highest BCUT2D eigenvalue weighted by Gasteiger charge is 2.23. The van der Waals surface area contributed by atoms with Gasteiger partial charge in [0.1, 0.15) is 22.6 Å². The van der Waals surface area contributed by atoms with E-state index in [1.165, 1.54) is 30.4 Å². The maximum absolute atomic E-state index is 12.9. The van der Waals surface area contributed by atoms with E-state index in [9.17, 15) is 14.9 Å². The number of ether oxygens (including phenoxy) is 2. The van der Waals surface area contributed by atoms with Gasteiger partial charge in [0, 0.05) is 27.6 Å². The summed E-state index contributed by atoms with van der Waals surface area (Å²) < 4.78 is 10.4. The van der Waals surface area contributed by atoms with E-state index < -0.39 is 0 Å². The topological polar surface area (TPSA) is 88.4 Å². The Labute approximate surface area is 184 Å². The summed E-state index contributed by atoms with van der Waals surface area (Å²) in [5.41, 5.74) is 2.93. The number of fused-ring (bicyclic) bond motifs is 1. The summed E-state index contributed by atoms with van der Waals surface area (Å²) in [6.45, 7) is 0. The number of ketones is 1. The molecular formula is C24H20N2O4S. The fourth-order valence-corrected chi connectivity index (χ4v) is 4.90. The van der Waals surface area contributed by atoms with E-state index in [0.29, 0.717) is 38.8 Å². The van der Waals surface area contributed by atoms with Crippen LogP contribution in [0, 0.1) is 11.3 Å². The van der Waals surface area contributed by atoms with Gasteiger partial charge in [0.25, 0.3) is 5.91 Å². The number of hydrogen-bond donors (Lipinski definition) is 1. The van der Waals surface area contributed by atoms with E-state index in [-0.39, 0.29) is 11.7 Å². The number of carbonyl (C=O) groups is 2. The van der Waals surface area contributed by atoms with Crippen LogP contribution in [0.4, 0.5) is 5.00 Å². The lowest BCUT2D eigenvalue weighted by atomic mass is 10.0. The summed E-state index contributed by atoms with van der Waals surface area (Å²) in [6, 6.07) is 13.6. The van der Waals surface area contributed by atoms with Crippen LogP contribution in [0.1, 0.15) is 48.7 Å². The largest absolute Gasteiger partial charge is 0.497 e. The summed E-state index contributed by atoms with van der Waals surface area (Å²) in [5, 5.41) is 12.9. The van der Waals surface area contributed by atoms with Crippen molar-refractivity contribution in [3.63, 3.8) is 0 Å². The third-order valence-electron chi connectivity index (χ3n) is 5.28. The summed E-state index contributed by atoms with van der Waals surface area (Å²) in [7, 11) is 3.05. The molecule has 1 N–H and O–H groups in total. The summed E-state index contributed by atoms with van der Waals surface area (Å²) in [6.07, 6.45) is 2.89.